The average Bonchev–Trinajstić information content (AvgIpc) is 3.51. The Morgan fingerprint density at radius 1 is 1.08 bits per heavy atom. The number of rotatable bonds is 4. The second-order valence-electron chi connectivity index (χ2n) is 10.1. The van der Waals surface area contributed by atoms with Crippen LogP contribution in [0.5, 0.6) is 5.75 Å². The second kappa shape index (κ2) is 9.36. The lowest BCUT2D eigenvalue weighted by atomic mass is 9.94. The zero-order valence-electron chi connectivity index (χ0n) is 21.1. The summed E-state index contributed by atoms with van der Waals surface area (Å²) in [6, 6.07) is 11.6. The monoisotopic (exact) mass is 531 g/mol. The van der Waals surface area contributed by atoms with Crippen LogP contribution in [0.4, 0.5) is 10.1 Å². The predicted molar refractivity (Wildman–Crippen MR) is 149 cm³/mol. The van der Waals surface area contributed by atoms with E-state index < -0.39 is 5.82 Å². The maximum atomic E-state index is 15.0. The molecule has 6 rings (SSSR count). The third-order valence-electron chi connectivity index (χ3n) is 7.39. The van der Waals surface area contributed by atoms with Gasteiger partial charge in [0.1, 0.15) is 11.6 Å². The van der Waals surface area contributed by atoms with Gasteiger partial charge < -0.3 is 14.6 Å². The van der Waals surface area contributed by atoms with E-state index in [1.165, 1.54) is 27.7 Å². The maximum absolute atomic E-state index is 15.0. The van der Waals surface area contributed by atoms with Crippen LogP contribution in [0.2, 0.25) is 5.02 Å². The molecule has 194 valence electrons. The lowest BCUT2D eigenvalue weighted by Crippen LogP contribution is -2.34. The van der Waals surface area contributed by atoms with Crippen molar-refractivity contribution in [1.29, 1.82) is 0 Å². The van der Waals surface area contributed by atoms with Gasteiger partial charge >= 0.3 is 5.69 Å². The molecule has 1 fully saturated rings. The molecule has 0 bridgehead atoms. The van der Waals surface area contributed by atoms with Crippen molar-refractivity contribution in [1.82, 2.24) is 19.3 Å². The SMILES string of the molecule is C[C@H]1CCCN(c2cc(-c3cc(F)cc(-c4ccc(-n5ccn(C)c5=O)c(Cl)c4)c3O)cc3[nH]ncc23)C1. The fraction of sp³-hybridized carbons (Fsp3) is 0.241. The average molecular weight is 532 g/mol. The van der Waals surface area contributed by atoms with Crippen LogP contribution in [0.1, 0.15) is 19.8 Å². The van der Waals surface area contributed by atoms with Gasteiger partial charge in [0.15, 0.2) is 0 Å². The number of H-pyrrole nitrogens is 1. The number of aromatic nitrogens is 4. The number of hydrogen-bond acceptors (Lipinski definition) is 4. The van der Waals surface area contributed by atoms with E-state index >= 15 is 4.39 Å². The van der Waals surface area contributed by atoms with Crippen LogP contribution in [-0.2, 0) is 7.05 Å². The highest BCUT2D eigenvalue weighted by molar-refractivity contribution is 6.32. The van der Waals surface area contributed by atoms with Gasteiger partial charge in [0, 0.05) is 54.7 Å². The van der Waals surface area contributed by atoms with Crippen molar-refractivity contribution in [3.05, 3.63) is 82.4 Å². The van der Waals surface area contributed by atoms with Gasteiger partial charge in [0.25, 0.3) is 0 Å². The summed E-state index contributed by atoms with van der Waals surface area (Å²) in [4.78, 5) is 14.7. The molecule has 1 saturated heterocycles. The Labute approximate surface area is 223 Å². The minimum Gasteiger partial charge on any atom is -0.507 e. The van der Waals surface area contributed by atoms with E-state index in [-0.39, 0.29) is 11.4 Å². The Morgan fingerprint density at radius 2 is 1.87 bits per heavy atom. The van der Waals surface area contributed by atoms with E-state index in [0.717, 1.165) is 36.1 Å². The first-order valence-electron chi connectivity index (χ1n) is 12.6. The molecule has 3 heterocycles. The third-order valence-corrected chi connectivity index (χ3v) is 7.69. The van der Waals surface area contributed by atoms with Crippen LogP contribution in [0, 0.1) is 11.7 Å². The number of imidazole rings is 1. The quantitative estimate of drug-likeness (QED) is 0.293. The molecule has 0 amide bonds. The number of hydrogen-bond donors (Lipinski definition) is 2. The van der Waals surface area contributed by atoms with Crippen LogP contribution in [0.25, 0.3) is 38.8 Å². The van der Waals surface area contributed by atoms with E-state index in [9.17, 15) is 9.90 Å². The lowest BCUT2D eigenvalue weighted by Gasteiger charge is -2.33. The normalized spacial score (nSPS) is 15.9. The smallest absolute Gasteiger partial charge is 0.332 e. The molecule has 0 aliphatic carbocycles. The van der Waals surface area contributed by atoms with Gasteiger partial charge in [-0.3, -0.25) is 9.67 Å². The van der Waals surface area contributed by atoms with Crippen molar-refractivity contribution in [3.63, 3.8) is 0 Å². The largest absolute Gasteiger partial charge is 0.507 e. The molecular formula is C29H27ClFN5O2. The Bertz CT molecular complexity index is 1740. The minimum atomic E-state index is -0.481. The fourth-order valence-electron chi connectivity index (χ4n) is 5.41. The first kappa shape index (κ1) is 24.3. The predicted octanol–water partition coefficient (Wildman–Crippen LogP) is 6.12. The number of nitrogens with zero attached hydrogens (tertiary/aromatic N) is 4. The molecule has 5 aromatic rings. The number of anilines is 1. The molecular weight excluding hydrogens is 505 g/mol. The highest BCUT2D eigenvalue weighted by Crippen LogP contribution is 2.43. The summed E-state index contributed by atoms with van der Waals surface area (Å²) in [6.45, 7) is 4.11. The molecule has 0 radical (unpaired) electrons. The van der Waals surface area contributed by atoms with Gasteiger partial charge in [-0.25, -0.2) is 9.18 Å². The van der Waals surface area contributed by atoms with E-state index in [2.05, 4.69) is 22.0 Å². The maximum Gasteiger partial charge on any atom is 0.332 e. The number of fused-ring (bicyclic) bond motifs is 1. The Morgan fingerprint density at radius 3 is 2.58 bits per heavy atom. The molecule has 1 atom stereocenters. The number of piperidine rings is 1. The van der Waals surface area contributed by atoms with Crippen molar-refractivity contribution in [2.45, 2.75) is 19.8 Å². The summed E-state index contributed by atoms with van der Waals surface area (Å²) in [6.07, 6.45) is 7.39. The molecule has 9 heteroatoms. The highest BCUT2D eigenvalue weighted by Gasteiger charge is 2.22. The molecule has 38 heavy (non-hydrogen) atoms. The Hall–Kier alpha value is -4.04. The molecule has 0 unspecified atom stereocenters. The minimum absolute atomic E-state index is 0.0519. The van der Waals surface area contributed by atoms with Gasteiger partial charge in [0.2, 0.25) is 0 Å². The topological polar surface area (TPSA) is 79.1 Å². The number of nitrogens with one attached hydrogen (secondary N) is 1. The number of aryl methyl sites for hydroxylation is 1. The van der Waals surface area contributed by atoms with Crippen LogP contribution in [0.3, 0.4) is 0 Å². The second-order valence-corrected chi connectivity index (χ2v) is 10.5. The number of aromatic amines is 1. The van der Waals surface area contributed by atoms with Crippen molar-refractivity contribution in [2.75, 3.05) is 18.0 Å². The summed E-state index contributed by atoms with van der Waals surface area (Å²) in [5, 5.41) is 20.0. The summed E-state index contributed by atoms with van der Waals surface area (Å²) in [5.74, 6) is 0.0389. The van der Waals surface area contributed by atoms with Crippen LogP contribution < -0.4 is 10.6 Å². The van der Waals surface area contributed by atoms with E-state index in [1.54, 1.807) is 37.6 Å². The number of aromatic hydroxyl groups is 1. The Balaban J connectivity index is 1.46. The number of phenolic OH excluding ortho intramolecular Hbond substituents is 1. The first-order valence-corrected chi connectivity index (χ1v) is 13.0. The summed E-state index contributed by atoms with van der Waals surface area (Å²) >= 11 is 6.55. The third kappa shape index (κ3) is 4.15. The van der Waals surface area contributed by atoms with Gasteiger partial charge in [-0.15, -0.1) is 0 Å². The molecule has 3 aromatic carbocycles. The van der Waals surface area contributed by atoms with Gasteiger partial charge in [-0.05, 0) is 66.3 Å². The zero-order chi connectivity index (χ0) is 26.6. The van der Waals surface area contributed by atoms with Crippen molar-refractivity contribution < 1.29 is 9.50 Å². The fourth-order valence-corrected chi connectivity index (χ4v) is 5.69. The van der Waals surface area contributed by atoms with Crippen molar-refractivity contribution >= 4 is 28.2 Å². The Kier molecular flexibility index (Phi) is 5.99. The van der Waals surface area contributed by atoms with Crippen LogP contribution in [0.15, 0.2) is 65.8 Å². The summed E-state index contributed by atoms with van der Waals surface area (Å²) < 4.78 is 17.9. The van der Waals surface area contributed by atoms with Gasteiger partial charge in [0.05, 0.1) is 22.4 Å². The molecule has 0 spiro atoms. The molecule has 7 nitrogen and oxygen atoms in total. The molecule has 1 aliphatic rings. The lowest BCUT2D eigenvalue weighted by molar-refractivity contribution is 0.447. The van der Waals surface area contributed by atoms with Crippen LogP contribution >= 0.6 is 11.6 Å². The number of halogens is 2. The summed E-state index contributed by atoms with van der Waals surface area (Å²) in [7, 11) is 1.66. The molecule has 2 N–H and O–H groups in total. The van der Waals surface area contributed by atoms with E-state index in [1.807, 2.05) is 18.3 Å². The summed E-state index contributed by atoms with van der Waals surface area (Å²) in [5.41, 5.74) is 4.02. The van der Waals surface area contributed by atoms with E-state index in [0.29, 0.717) is 38.9 Å². The van der Waals surface area contributed by atoms with Crippen molar-refractivity contribution in [2.24, 2.45) is 13.0 Å². The first-order chi connectivity index (χ1) is 18.3. The molecule has 2 aromatic heterocycles. The van der Waals surface area contributed by atoms with Gasteiger partial charge in [-0.2, -0.15) is 5.10 Å². The van der Waals surface area contributed by atoms with Crippen LogP contribution in [-0.4, -0.2) is 37.5 Å². The zero-order valence-corrected chi connectivity index (χ0v) is 21.8. The highest BCUT2D eigenvalue weighted by atomic mass is 35.5. The molecule has 0 saturated carbocycles. The molecule has 1 aliphatic heterocycles. The number of benzene rings is 3. The van der Waals surface area contributed by atoms with E-state index in [4.69, 9.17) is 11.6 Å². The number of phenols is 1. The standard InChI is InChI=1S/C29H27ClFN5O2/c1-17-4-3-7-35(16-17)27-12-19(11-25-23(27)15-32-33-25)22-14-20(31)13-21(28(22)37)18-5-6-26(24(30)10-18)36-9-8-34(2)29(36)38/h5-6,8-15,17,37H,3-4,7,16H2,1-2H3,(H,32,33)/t17-/m0/s1. The van der Waals surface area contributed by atoms with Crippen molar-refractivity contribution in [3.8, 4) is 33.7 Å². The van der Waals surface area contributed by atoms with Gasteiger partial charge in [-0.1, -0.05) is 24.6 Å².